The molecular weight excluding hydrogens is 276 g/mol. The van der Waals surface area contributed by atoms with E-state index in [0.717, 1.165) is 45.8 Å². The highest BCUT2D eigenvalue weighted by Gasteiger charge is 2.26. The highest BCUT2D eigenvalue weighted by atomic mass is 16.5. The molecule has 22 heavy (non-hydrogen) atoms. The summed E-state index contributed by atoms with van der Waals surface area (Å²) < 4.78 is 5.48. The number of nitrogens with zero attached hydrogens (tertiary/aromatic N) is 2. The van der Waals surface area contributed by atoms with Gasteiger partial charge in [-0.3, -0.25) is 4.90 Å². The number of likely N-dealkylation sites (tertiary alicyclic amines) is 1. The maximum absolute atomic E-state index is 9.71. The van der Waals surface area contributed by atoms with Crippen LogP contribution in [0.5, 0.6) is 0 Å². The summed E-state index contributed by atoms with van der Waals surface area (Å²) in [6.45, 7) is 7.64. The largest absolute Gasteiger partial charge is 0.393 e. The molecule has 0 radical (unpaired) electrons. The van der Waals surface area contributed by atoms with Gasteiger partial charge in [0.2, 0.25) is 0 Å². The molecule has 2 saturated heterocycles. The standard InChI is InChI=1S/C18H28N2O2/c1-15(21)13-17-6-4-8-20(17)14-16-5-2-3-7-18(16)19-9-11-22-12-10-19/h2-3,5,7,15,17,21H,4,6,8-14H2,1H3. The summed E-state index contributed by atoms with van der Waals surface area (Å²) >= 11 is 0. The van der Waals surface area contributed by atoms with Crippen molar-refractivity contribution in [1.29, 1.82) is 0 Å². The minimum atomic E-state index is -0.208. The third kappa shape index (κ3) is 3.80. The van der Waals surface area contributed by atoms with Crippen molar-refractivity contribution in [2.45, 2.75) is 44.9 Å². The molecule has 122 valence electrons. The van der Waals surface area contributed by atoms with Gasteiger partial charge in [0.25, 0.3) is 0 Å². The zero-order valence-electron chi connectivity index (χ0n) is 13.6. The molecule has 1 N–H and O–H groups in total. The molecule has 4 heteroatoms. The van der Waals surface area contributed by atoms with Crippen molar-refractivity contribution in [1.82, 2.24) is 4.90 Å². The molecule has 2 unspecified atom stereocenters. The van der Waals surface area contributed by atoms with Crippen molar-refractivity contribution in [3.8, 4) is 0 Å². The van der Waals surface area contributed by atoms with E-state index in [1.165, 1.54) is 24.1 Å². The van der Waals surface area contributed by atoms with Crippen molar-refractivity contribution in [2.24, 2.45) is 0 Å². The Morgan fingerprint density at radius 3 is 2.77 bits per heavy atom. The van der Waals surface area contributed by atoms with Crippen LogP contribution in [0.2, 0.25) is 0 Å². The van der Waals surface area contributed by atoms with Gasteiger partial charge >= 0.3 is 0 Å². The summed E-state index contributed by atoms with van der Waals surface area (Å²) in [5, 5.41) is 9.71. The first-order valence-electron chi connectivity index (χ1n) is 8.57. The number of hydrogen-bond acceptors (Lipinski definition) is 4. The summed E-state index contributed by atoms with van der Waals surface area (Å²) in [5.41, 5.74) is 2.76. The smallest absolute Gasteiger partial charge is 0.0642 e. The van der Waals surface area contributed by atoms with Crippen molar-refractivity contribution in [2.75, 3.05) is 37.7 Å². The van der Waals surface area contributed by atoms with E-state index in [1.54, 1.807) is 0 Å². The van der Waals surface area contributed by atoms with Crippen LogP contribution in [0.4, 0.5) is 5.69 Å². The van der Waals surface area contributed by atoms with Crippen molar-refractivity contribution >= 4 is 5.69 Å². The van der Waals surface area contributed by atoms with Crippen LogP contribution in [-0.4, -0.2) is 55.0 Å². The number of rotatable bonds is 5. The van der Waals surface area contributed by atoms with E-state index in [-0.39, 0.29) is 6.10 Å². The molecule has 2 aliphatic heterocycles. The van der Waals surface area contributed by atoms with Crippen LogP contribution < -0.4 is 4.90 Å². The number of ether oxygens (including phenoxy) is 1. The second-order valence-electron chi connectivity index (χ2n) is 6.58. The second-order valence-corrected chi connectivity index (χ2v) is 6.58. The normalized spacial score (nSPS) is 24.6. The molecule has 2 atom stereocenters. The first-order chi connectivity index (χ1) is 10.7. The van der Waals surface area contributed by atoms with E-state index in [9.17, 15) is 5.11 Å². The van der Waals surface area contributed by atoms with Crippen molar-refractivity contribution < 1.29 is 9.84 Å². The summed E-state index contributed by atoms with van der Waals surface area (Å²) in [4.78, 5) is 4.99. The van der Waals surface area contributed by atoms with Crippen LogP contribution in [0, 0.1) is 0 Å². The molecule has 0 aromatic heterocycles. The Morgan fingerprint density at radius 1 is 1.23 bits per heavy atom. The molecule has 1 aromatic carbocycles. The third-order valence-corrected chi connectivity index (χ3v) is 4.83. The van der Waals surface area contributed by atoms with Gasteiger partial charge in [-0.2, -0.15) is 0 Å². The highest BCUT2D eigenvalue weighted by molar-refractivity contribution is 5.54. The van der Waals surface area contributed by atoms with E-state index in [2.05, 4.69) is 34.1 Å². The molecule has 1 aromatic rings. The lowest BCUT2D eigenvalue weighted by atomic mass is 10.1. The Hall–Kier alpha value is -1.10. The van der Waals surface area contributed by atoms with Gasteiger partial charge in [0.15, 0.2) is 0 Å². The minimum Gasteiger partial charge on any atom is -0.393 e. The van der Waals surface area contributed by atoms with Crippen molar-refractivity contribution in [3.05, 3.63) is 29.8 Å². The Labute approximate surface area is 133 Å². The lowest BCUT2D eigenvalue weighted by Gasteiger charge is -2.32. The molecule has 3 rings (SSSR count). The zero-order valence-corrected chi connectivity index (χ0v) is 13.6. The topological polar surface area (TPSA) is 35.9 Å². The predicted molar refractivity (Wildman–Crippen MR) is 89.2 cm³/mol. The monoisotopic (exact) mass is 304 g/mol. The Kier molecular flexibility index (Phi) is 5.34. The van der Waals surface area contributed by atoms with Gasteiger partial charge in [-0.15, -0.1) is 0 Å². The average Bonchev–Trinajstić information content (AvgIpc) is 2.95. The minimum absolute atomic E-state index is 0.208. The number of aliphatic hydroxyl groups excluding tert-OH is 1. The Balaban J connectivity index is 1.71. The fourth-order valence-electron chi connectivity index (χ4n) is 3.74. The maximum Gasteiger partial charge on any atom is 0.0642 e. The molecule has 0 bridgehead atoms. The second kappa shape index (κ2) is 7.44. The van der Waals surface area contributed by atoms with Crippen LogP contribution >= 0.6 is 0 Å². The van der Waals surface area contributed by atoms with Crippen LogP contribution in [0.3, 0.4) is 0 Å². The molecule has 0 aliphatic carbocycles. The number of morpholine rings is 1. The van der Waals surface area contributed by atoms with Crippen LogP contribution in [-0.2, 0) is 11.3 Å². The molecular formula is C18H28N2O2. The van der Waals surface area contributed by atoms with E-state index in [1.807, 2.05) is 6.92 Å². The lowest BCUT2D eigenvalue weighted by molar-refractivity contribution is 0.122. The van der Waals surface area contributed by atoms with Gasteiger partial charge in [-0.1, -0.05) is 18.2 Å². The molecule has 2 fully saturated rings. The number of anilines is 1. The number of hydrogen-bond donors (Lipinski definition) is 1. The van der Waals surface area contributed by atoms with Gasteiger partial charge in [0, 0.05) is 31.4 Å². The fourth-order valence-corrected chi connectivity index (χ4v) is 3.74. The van der Waals surface area contributed by atoms with Gasteiger partial charge < -0.3 is 14.7 Å². The highest BCUT2D eigenvalue weighted by Crippen LogP contribution is 2.28. The average molecular weight is 304 g/mol. The summed E-state index contributed by atoms with van der Waals surface area (Å²) in [6, 6.07) is 9.28. The third-order valence-electron chi connectivity index (χ3n) is 4.83. The first-order valence-corrected chi connectivity index (χ1v) is 8.57. The summed E-state index contributed by atoms with van der Waals surface area (Å²) in [6.07, 6.45) is 3.14. The molecule has 0 saturated carbocycles. The first kappa shape index (κ1) is 15.8. The molecule has 0 amide bonds. The fraction of sp³-hybridized carbons (Fsp3) is 0.667. The van der Waals surface area contributed by atoms with E-state index >= 15 is 0 Å². The van der Waals surface area contributed by atoms with Gasteiger partial charge in [-0.05, 0) is 44.4 Å². The predicted octanol–water partition coefficient (Wildman–Crippen LogP) is 2.26. The van der Waals surface area contributed by atoms with E-state index in [4.69, 9.17) is 4.74 Å². The molecule has 4 nitrogen and oxygen atoms in total. The number of aliphatic hydroxyl groups is 1. The van der Waals surface area contributed by atoms with Gasteiger partial charge in [0.1, 0.15) is 0 Å². The summed E-state index contributed by atoms with van der Waals surface area (Å²) in [5.74, 6) is 0. The quantitative estimate of drug-likeness (QED) is 0.905. The van der Waals surface area contributed by atoms with Crippen LogP contribution in [0.1, 0.15) is 31.7 Å². The van der Waals surface area contributed by atoms with Crippen LogP contribution in [0.25, 0.3) is 0 Å². The molecule has 2 heterocycles. The van der Waals surface area contributed by atoms with Gasteiger partial charge in [0.05, 0.1) is 19.3 Å². The number of para-hydroxylation sites is 1. The van der Waals surface area contributed by atoms with Crippen molar-refractivity contribution in [3.63, 3.8) is 0 Å². The van der Waals surface area contributed by atoms with Gasteiger partial charge in [-0.25, -0.2) is 0 Å². The number of benzene rings is 1. The lowest BCUT2D eigenvalue weighted by Crippen LogP contribution is -2.37. The summed E-state index contributed by atoms with van der Waals surface area (Å²) in [7, 11) is 0. The molecule has 0 spiro atoms. The zero-order chi connectivity index (χ0) is 15.4. The SMILES string of the molecule is CC(O)CC1CCCN1Cc1ccccc1N1CCOCC1. The maximum atomic E-state index is 9.71. The van der Waals surface area contributed by atoms with Crippen LogP contribution in [0.15, 0.2) is 24.3 Å². The Bertz CT molecular complexity index is 472. The Morgan fingerprint density at radius 2 is 2.00 bits per heavy atom. The van der Waals surface area contributed by atoms with E-state index in [0.29, 0.717) is 6.04 Å². The molecule has 2 aliphatic rings. The van der Waals surface area contributed by atoms with E-state index < -0.39 is 0 Å².